The molecule has 0 aliphatic carbocycles. The summed E-state index contributed by atoms with van der Waals surface area (Å²) in [6.07, 6.45) is 0. The minimum absolute atomic E-state index is 0.0439. The molecule has 0 aliphatic heterocycles. The van der Waals surface area contributed by atoms with Gasteiger partial charge in [0.25, 0.3) is 0 Å². The van der Waals surface area contributed by atoms with Crippen molar-refractivity contribution in [3.63, 3.8) is 0 Å². The Bertz CT molecular complexity index is 574. The lowest BCUT2D eigenvalue weighted by molar-refractivity contribution is -0.114. The van der Waals surface area contributed by atoms with Crippen molar-refractivity contribution in [3.05, 3.63) is 51.7 Å². The summed E-state index contributed by atoms with van der Waals surface area (Å²) in [6, 6.07) is 12.6. The molecule has 2 N–H and O–H groups in total. The van der Waals surface area contributed by atoms with Crippen LogP contribution in [0.25, 0.3) is 0 Å². The maximum absolute atomic E-state index is 10.9. The van der Waals surface area contributed by atoms with Crippen molar-refractivity contribution >= 4 is 22.9 Å². The monoisotopic (exact) mass is 288 g/mol. The summed E-state index contributed by atoms with van der Waals surface area (Å²) in [5.41, 5.74) is 2.04. The number of amides is 1. The van der Waals surface area contributed by atoms with Gasteiger partial charge in [-0.15, -0.1) is 11.3 Å². The lowest BCUT2D eigenvalue weighted by Crippen LogP contribution is -2.17. The van der Waals surface area contributed by atoms with Crippen LogP contribution in [-0.2, 0) is 11.3 Å². The van der Waals surface area contributed by atoms with Gasteiger partial charge in [0.15, 0.2) is 0 Å². The van der Waals surface area contributed by atoms with Gasteiger partial charge in [-0.3, -0.25) is 4.79 Å². The van der Waals surface area contributed by atoms with Crippen LogP contribution in [-0.4, -0.2) is 5.91 Å². The number of aryl methyl sites for hydroxylation is 1. The zero-order valence-corrected chi connectivity index (χ0v) is 12.9. The Hall–Kier alpha value is -1.65. The zero-order valence-electron chi connectivity index (χ0n) is 12.1. The van der Waals surface area contributed by atoms with Gasteiger partial charge in [0.2, 0.25) is 5.91 Å². The van der Waals surface area contributed by atoms with Gasteiger partial charge < -0.3 is 10.6 Å². The Kier molecular flexibility index (Phi) is 4.93. The predicted octanol–water partition coefficient (Wildman–Crippen LogP) is 3.87. The van der Waals surface area contributed by atoms with Crippen LogP contribution in [0.1, 0.15) is 35.2 Å². The third-order valence-corrected chi connectivity index (χ3v) is 4.26. The fraction of sp³-hybridized carbons (Fsp3) is 0.312. The lowest BCUT2D eigenvalue weighted by atomic mass is 10.2. The molecule has 0 saturated heterocycles. The van der Waals surface area contributed by atoms with E-state index in [0.717, 1.165) is 12.2 Å². The first-order chi connectivity index (χ1) is 9.54. The molecule has 0 spiro atoms. The highest BCUT2D eigenvalue weighted by atomic mass is 32.1. The van der Waals surface area contributed by atoms with Crippen LogP contribution in [0.2, 0.25) is 0 Å². The topological polar surface area (TPSA) is 41.1 Å². The molecule has 0 fully saturated rings. The maximum Gasteiger partial charge on any atom is 0.221 e. The van der Waals surface area contributed by atoms with E-state index in [0.29, 0.717) is 6.04 Å². The minimum atomic E-state index is -0.0439. The first-order valence-electron chi connectivity index (χ1n) is 6.71. The van der Waals surface area contributed by atoms with E-state index in [-0.39, 0.29) is 5.91 Å². The molecule has 1 atom stereocenters. The number of thiophene rings is 1. The van der Waals surface area contributed by atoms with Crippen molar-refractivity contribution in [2.45, 2.75) is 33.4 Å². The van der Waals surface area contributed by atoms with E-state index < -0.39 is 0 Å². The zero-order chi connectivity index (χ0) is 14.5. The number of hydrogen-bond donors (Lipinski definition) is 2. The lowest BCUT2D eigenvalue weighted by Gasteiger charge is -2.12. The van der Waals surface area contributed by atoms with E-state index in [9.17, 15) is 4.79 Å². The molecule has 4 heteroatoms. The third kappa shape index (κ3) is 4.18. The Morgan fingerprint density at radius 1 is 1.20 bits per heavy atom. The van der Waals surface area contributed by atoms with Crippen LogP contribution in [0, 0.1) is 6.92 Å². The average molecular weight is 288 g/mol. The first-order valence-corrected chi connectivity index (χ1v) is 7.52. The van der Waals surface area contributed by atoms with Crippen LogP contribution in [0.15, 0.2) is 36.4 Å². The second-order valence-electron chi connectivity index (χ2n) is 4.93. The molecule has 1 unspecified atom stereocenters. The highest BCUT2D eigenvalue weighted by Gasteiger charge is 2.07. The van der Waals surface area contributed by atoms with Crippen LogP contribution in [0.3, 0.4) is 0 Å². The smallest absolute Gasteiger partial charge is 0.221 e. The average Bonchev–Trinajstić information content (AvgIpc) is 2.84. The van der Waals surface area contributed by atoms with Gasteiger partial charge in [0.05, 0.1) is 0 Å². The number of nitrogens with one attached hydrogen (secondary N) is 2. The molecule has 2 rings (SSSR count). The van der Waals surface area contributed by atoms with Crippen LogP contribution in [0.5, 0.6) is 0 Å². The molecule has 106 valence electrons. The van der Waals surface area contributed by atoms with E-state index in [1.165, 1.54) is 22.2 Å². The molecule has 1 aromatic heterocycles. The van der Waals surface area contributed by atoms with Crippen molar-refractivity contribution in [1.82, 2.24) is 5.32 Å². The molecule has 1 amide bonds. The Balaban J connectivity index is 1.89. The van der Waals surface area contributed by atoms with E-state index in [2.05, 4.69) is 36.6 Å². The van der Waals surface area contributed by atoms with Gasteiger partial charge in [0.1, 0.15) is 0 Å². The SMILES string of the molecule is CC(=O)Nc1ccc(CNC(C)c2ccc(C)s2)cc1. The minimum Gasteiger partial charge on any atom is -0.326 e. The molecule has 0 aliphatic rings. The van der Waals surface area contributed by atoms with Gasteiger partial charge in [-0.2, -0.15) is 0 Å². The molecular weight excluding hydrogens is 268 g/mol. The number of benzene rings is 1. The Morgan fingerprint density at radius 2 is 1.90 bits per heavy atom. The van der Waals surface area contributed by atoms with Crippen molar-refractivity contribution in [1.29, 1.82) is 0 Å². The summed E-state index contributed by atoms with van der Waals surface area (Å²) < 4.78 is 0. The van der Waals surface area contributed by atoms with E-state index in [4.69, 9.17) is 0 Å². The Morgan fingerprint density at radius 3 is 2.45 bits per heavy atom. The second kappa shape index (κ2) is 6.68. The molecule has 20 heavy (non-hydrogen) atoms. The van der Waals surface area contributed by atoms with Gasteiger partial charge in [-0.05, 0) is 43.7 Å². The summed E-state index contributed by atoms with van der Waals surface area (Å²) in [6.45, 7) is 6.64. The molecule has 3 nitrogen and oxygen atoms in total. The van der Waals surface area contributed by atoms with Crippen molar-refractivity contribution < 1.29 is 4.79 Å². The number of anilines is 1. The summed E-state index contributed by atoms with van der Waals surface area (Å²) >= 11 is 1.83. The normalized spacial score (nSPS) is 12.2. The summed E-state index contributed by atoms with van der Waals surface area (Å²) in [5.74, 6) is -0.0439. The number of carbonyl (C=O) groups is 1. The molecular formula is C16H20N2OS. The van der Waals surface area contributed by atoms with Gasteiger partial charge in [-0.1, -0.05) is 12.1 Å². The van der Waals surface area contributed by atoms with E-state index in [1.807, 2.05) is 35.6 Å². The summed E-state index contributed by atoms with van der Waals surface area (Å²) in [4.78, 5) is 13.6. The first kappa shape index (κ1) is 14.8. The quantitative estimate of drug-likeness (QED) is 0.877. The summed E-state index contributed by atoms with van der Waals surface area (Å²) in [5, 5.41) is 6.28. The summed E-state index contributed by atoms with van der Waals surface area (Å²) in [7, 11) is 0. The van der Waals surface area contributed by atoms with Crippen LogP contribution in [0.4, 0.5) is 5.69 Å². The van der Waals surface area contributed by atoms with E-state index in [1.54, 1.807) is 0 Å². The molecule has 2 aromatic rings. The maximum atomic E-state index is 10.9. The van der Waals surface area contributed by atoms with Crippen LogP contribution >= 0.6 is 11.3 Å². The van der Waals surface area contributed by atoms with Crippen LogP contribution < -0.4 is 10.6 Å². The van der Waals surface area contributed by atoms with Crippen molar-refractivity contribution in [3.8, 4) is 0 Å². The number of carbonyl (C=O) groups excluding carboxylic acids is 1. The molecule has 0 bridgehead atoms. The fourth-order valence-electron chi connectivity index (χ4n) is 1.97. The molecule has 0 radical (unpaired) electrons. The van der Waals surface area contributed by atoms with Gasteiger partial charge in [-0.25, -0.2) is 0 Å². The standard InChI is InChI=1S/C16H20N2OS/c1-11-4-9-16(20-11)12(2)17-10-14-5-7-15(8-6-14)18-13(3)19/h4-9,12,17H,10H2,1-3H3,(H,18,19). The van der Waals surface area contributed by atoms with E-state index >= 15 is 0 Å². The predicted molar refractivity (Wildman–Crippen MR) is 85.1 cm³/mol. The number of rotatable bonds is 5. The van der Waals surface area contributed by atoms with Crippen molar-refractivity contribution in [2.75, 3.05) is 5.32 Å². The third-order valence-electron chi connectivity index (χ3n) is 3.07. The Labute approximate surface area is 124 Å². The van der Waals surface area contributed by atoms with Gasteiger partial charge >= 0.3 is 0 Å². The molecule has 1 heterocycles. The van der Waals surface area contributed by atoms with Crippen molar-refractivity contribution in [2.24, 2.45) is 0 Å². The number of hydrogen-bond acceptors (Lipinski definition) is 3. The fourth-order valence-corrected chi connectivity index (χ4v) is 2.87. The second-order valence-corrected chi connectivity index (χ2v) is 6.25. The molecule has 0 saturated carbocycles. The highest BCUT2D eigenvalue weighted by molar-refractivity contribution is 7.12. The van der Waals surface area contributed by atoms with Gasteiger partial charge in [0, 0.05) is 35.0 Å². The molecule has 1 aromatic carbocycles. The highest BCUT2D eigenvalue weighted by Crippen LogP contribution is 2.22. The largest absolute Gasteiger partial charge is 0.326 e.